The minimum atomic E-state index is -1.21. The third kappa shape index (κ3) is 12.2. The third-order valence-corrected chi connectivity index (χ3v) is 10.2. The van der Waals surface area contributed by atoms with Crippen LogP contribution in [0.4, 0.5) is 5.13 Å². The Morgan fingerprint density at radius 3 is 2.52 bits per heavy atom. The standard InChI is InChI=1S/C37H54N6O6S/c1-25(2)18-32(44)35(47)31(19-26-10-5-4-6-11-26)43(23-30-13-9-17-49-30)36(48)27(20-29-24-50-37(38)41-29)21-33(45)40-22-34(46)42(3)16-14-28-12-7-8-15-39-28/h7-9,12-13,15,17,24-27,31-32,35,44,47H,4-6,10-11,14,16,18-23H2,1-3H3,(H2,38,41)(H,40,45)/t27-,31+,32+,35-/m1/s1. The second kappa shape index (κ2) is 19.5. The van der Waals surface area contributed by atoms with Gasteiger partial charge in [0.2, 0.25) is 17.7 Å². The summed E-state index contributed by atoms with van der Waals surface area (Å²) in [7, 11) is 1.67. The van der Waals surface area contributed by atoms with Crippen molar-refractivity contribution >= 4 is 34.2 Å². The van der Waals surface area contributed by atoms with E-state index in [2.05, 4.69) is 15.3 Å². The molecular weight excluding hydrogens is 657 g/mol. The van der Waals surface area contributed by atoms with E-state index in [1.165, 1.54) is 17.6 Å². The number of nitrogens with zero attached hydrogens (tertiary/aromatic N) is 4. The molecule has 12 nitrogen and oxygen atoms in total. The number of hydrogen-bond acceptors (Lipinski definition) is 10. The van der Waals surface area contributed by atoms with Gasteiger partial charge in [0.1, 0.15) is 11.9 Å². The largest absolute Gasteiger partial charge is 0.467 e. The number of furan rings is 1. The molecule has 1 fully saturated rings. The molecule has 0 bridgehead atoms. The molecule has 0 aliphatic heterocycles. The number of nitrogens with one attached hydrogen (secondary N) is 1. The monoisotopic (exact) mass is 710 g/mol. The Morgan fingerprint density at radius 1 is 1.10 bits per heavy atom. The molecule has 3 aromatic rings. The van der Waals surface area contributed by atoms with E-state index in [4.69, 9.17) is 10.2 Å². The van der Waals surface area contributed by atoms with Gasteiger partial charge in [-0.2, -0.15) is 0 Å². The molecule has 13 heteroatoms. The molecule has 3 heterocycles. The van der Waals surface area contributed by atoms with Gasteiger partial charge in [0.25, 0.3) is 0 Å². The molecule has 4 atom stereocenters. The second-order valence-electron chi connectivity index (χ2n) is 14.0. The number of amides is 3. The molecule has 50 heavy (non-hydrogen) atoms. The summed E-state index contributed by atoms with van der Waals surface area (Å²) in [6.45, 7) is 4.24. The fourth-order valence-electron chi connectivity index (χ4n) is 6.73. The van der Waals surface area contributed by atoms with Crippen molar-refractivity contribution in [2.24, 2.45) is 17.8 Å². The zero-order valence-corrected chi connectivity index (χ0v) is 30.4. The minimum Gasteiger partial charge on any atom is -0.467 e. The highest BCUT2D eigenvalue weighted by atomic mass is 32.1. The number of likely N-dealkylation sites (N-methyl/N-ethyl adjacent to an activating group) is 1. The minimum absolute atomic E-state index is 0.0611. The number of pyridine rings is 1. The molecule has 1 aliphatic carbocycles. The van der Waals surface area contributed by atoms with Crippen LogP contribution >= 0.6 is 11.3 Å². The Balaban J connectivity index is 1.55. The molecule has 0 spiro atoms. The fourth-order valence-corrected chi connectivity index (χ4v) is 7.31. The summed E-state index contributed by atoms with van der Waals surface area (Å²) in [5.74, 6) is -1.03. The zero-order valence-electron chi connectivity index (χ0n) is 29.6. The molecule has 0 unspecified atom stereocenters. The van der Waals surface area contributed by atoms with Gasteiger partial charge >= 0.3 is 0 Å². The van der Waals surface area contributed by atoms with Crippen molar-refractivity contribution in [3.05, 3.63) is 65.3 Å². The van der Waals surface area contributed by atoms with Crippen LogP contribution in [0.2, 0.25) is 0 Å². The Bertz CT molecular complexity index is 1460. The Labute approximate surface area is 299 Å². The van der Waals surface area contributed by atoms with E-state index in [0.717, 1.165) is 37.8 Å². The van der Waals surface area contributed by atoms with Crippen molar-refractivity contribution < 1.29 is 29.0 Å². The van der Waals surface area contributed by atoms with E-state index in [0.29, 0.717) is 42.4 Å². The van der Waals surface area contributed by atoms with Gasteiger partial charge in [0.15, 0.2) is 5.13 Å². The highest BCUT2D eigenvalue weighted by Crippen LogP contribution is 2.33. The summed E-state index contributed by atoms with van der Waals surface area (Å²) < 4.78 is 5.69. The van der Waals surface area contributed by atoms with E-state index in [-0.39, 0.29) is 49.6 Å². The van der Waals surface area contributed by atoms with Gasteiger partial charge in [-0.1, -0.05) is 52.0 Å². The average Bonchev–Trinajstić information content (AvgIpc) is 3.78. The quantitative estimate of drug-likeness (QED) is 0.142. The maximum Gasteiger partial charge on any atom is 0.241 e. The molecule has 274 valence electrons. The molecule has 1 aliphatic rings. The number of aliphatic hydroxyl groups excluding tert-OH is 2. The number of carbonyl (C=O) groups excluding carboxylic acids is 3. The van der Waals surface area contributed by atoms with Crippen molar-refractivity contribution in [1.29, 1.82) is 0 Å². The number of hydrogen-bond donors (Lipinski definition) is 4. The van der Waals surface area contributed by atoms with Crippen LogP contribution in [0.15, 0.2) is 52.6 Å². The molecule has 0 radical (unpaired) electrons. The first-order valence-electron chi connectivity index (χ1n) is 17.8. The summed E-state index contributed by atoms with van der Waals surface area (Å²) in [6, 6.07) is 8.42. The SMILES string of the molecule is CC(C)C[C@H](O)[C@H](O)[C@H](CC1CCCCC1)N(Cc1ccco1)C(=O)[C@@H](CC(=O)NCC(=O)N(C)CCc1ccccn1)Cc1csc(N)n1. The lowest BCUT2D eigenvalue weighted by Gasteiger charge is -2.40. The smallest absolute Gasteiger partial charge is 0.241 e. The van der Waals surface area contributed by atoms with Crippen LogP contribution in [-0.2, 0) is 33.8 Å². The van der Waals surface area contributed by atoms with E-state index in [1.54, 1.807) is 40.6 Å². The second-order valence-corrected chi connectivity index (χ2v) is 14.9. The van der Waals surface area contributed by atoms with Gasteiger partial charge in [-0.3, -0.25) is 19.4 Å². The van der Waals surface area contributed by atoms with Crippen molar-refractivity contribution in [3.63, 3.8) is 0 Å². The number of aliphatic hydroxyl groups is 2. The number of rotatable bonds is 19. The van der Waals surface area contributed by atoms with E-state index < -0.39 is 30.1 Å². The fraction of sp³-hybridized carbons (Fsp3) is 0.595. The van der Waals surface area contributed by atoms with Gasteiger partial charge in [0, 0.05) is 50.1 Å². The van der Waals surface area contributed by atoms with Crippen LogP contribution in [0.25, 0.3) is 0 Å². The van der Waals surface area contributed by atoms with Gasteiger partial charge in [0.05, 0.1) is 43.1 Å². The Hall–Kier alpha value is -3.81. The Morgan fingerprint density at radius 2 is 1.88 bits per heavy atom. The number of thiazole rings is 1. The predicted molar refractivity (Wildman–Crippen MR) is 193 cm³/mol. The summed E-state index contributed by atoms with van der Waals surface area (Å²) >= 11 is 1.25. The average molecular weight is 711 g/mol. The number of nitrogens with two attached hydrogens (primary N) is 1. The predicted octanol–water partition coefficient (Wildman–Crippen LogP) is 4.22. The first-order chi connectivity index (χ1) is 24.0. The molecule has 5 N–H and O–H groups in total. The number of anilines is 1. The number of carbonyl (C=O) groups is 3. The van der Waals surface area contributed by atoms with Crippen molar-refractivity contribution in [2.75, 3.05) is 25.9 Å². The summed E-state index contributed by atoms with van der Waals surface area (Å²) in [6.07, 6.45) is 7.68. The lowest BCUT2D eigenvalue weighted by Crippen LogP contribution is -2.54. The molecule has 1 saturated carbocycles. The molecule has 3 amide bonds. The van der Waals surface area contributed by atoms with Crippen LogP contribution in [0.3, 0.4) is 0 Å². The first kappa shape index (κ1) is 39.0. The summed E-state index contributed by atoms with van der Waals surface area (Å²) in [4.78, 5) is 52.9. The first-order valence-corrected chi connectivity index (χ1v) is 18.7. The van der Waals surface area contributed by atoms with Crippen LogP contribution in [0, 0.1) is 17.8 Å². The topological polar surface area (TPSA) is 175 Å². The van der Waals surface area contributed by atoms with Crippen molar-refractivity contribution in [1.82, 2.24) is 25.1 Å². The van der Waals surface area contributed by atoms with Gasteiger partial charge < -0.3 is 35.5 Å². The van der Waals surface area contributed by atoms with E-state index in [1.807, 2.05) is 32.0 Å². The van der Waals surface area contributed by atoms with Crippen LogP contribution in [0.1, 0.15) is 82.4 Å². The molecule has 4 rings (SSSR count). The third-order valence-electron chi connectivity index (χ3n) is 9.49. The molecule has 0 aromatic carbocycles. The lowest BCUT2D eigenvalue weighted by molar-refractivity contribution is -0.147. The highest BCUT2D eigenvalue weighted by molar-refractivity contribution is 7.13. The van der Waals surface area contributed by atoms with E-state index >= 15 is 0 Å². The van der Waals surface area contributed by atoms with Crippen molar-refractivity contribution in [2.45, 2.75) is 103 Å². The lowest BCUT2D eigenvalue weighted by atomic mass is 9.81. The Kier molecular flexibility index (Phi) is 15.2. The summed E-state index contributed by atoms with van der Waals surface area (Å²) in [5, 5.41) is 27.8. The van der Waals surface area contributed by atoms with Gasteiger partial charge in [-0.15, -0.1) is 11.3 Å². The number of nitrogen functional groups attached to an aromatic ring is 1. The maximum absolute atomic E-state index is 14.8. The highest BCUT2D eigenvalue weighted by Gasteiger charge is 2.39. The van der Waals surface area contributed by atoms with Crippen LogP contribution < -0.4 is 11.1 Å². The van der Waals surface area contributed by atoms with Gasteiger partial charge in [-0.05, 0) is 48.9 Å². The van der Waals surface area contributed by atoms with E-state index in [9.17, 15) is 24.6 Å². The molecule has 3 aromatic heterocycles. The maximum atomic E-state index is 14.8. The zero-order chi connectivity index (χ0) is 36.0. The van der Waals surface area contributed by atoms with Crippen molar-refractivity contribution in [3.8, 4) is 0 Å². The van der Waals surface area contributed by atoms with Crippen LogP contribution in [-0.4, -0.2) is 86.1 Å². The summed E-state index contributed by atoms with van der Waals surface area (Å²) in [5.41, 5.74) is 7.37. The number of aromatic nitrogens is 2. The molecular formula is C37H54N6O6S. The van der Waals surface area contributed by atoms with Crippen LogP contribution in [0.5, 0.6) is 0 Å². The normalized spacial score (nSPS) is 16.0. The molecule has 0 saturated heterocycles. The van der Waals surface area contributed by atoms with Gasteiger partial charge in [-0.25, -0.2) is 4.98 Å².